The summed E-state index contributed by atoms with van der Waals surface area (Å²) in [6, 6.07) is 8.00. The van der Waals surface area contributed by atoms with E-state index in [0.717, 1.165) is 16.7 Å². The lowest BCUT2D eigenvalue weighted by atomic mass is 10.1. The van der Waals surface area contributed by atoms with E-state index in [1.807, 2.05) is 25.1 Å². The average molecular weight is 173 g/mol. The van der Waals surface area contributed by atoms with Crippen LogP contribution in [-0.2, 0) is 0 Å². The standard InChI is InChI=1S/C11H11NO/c1-8-6-10-9(4-3-5-12-10)11(7-8)13-2/h3-7H,1-2H3. The van der Waals surface area contributed by atoms with E-state index in [2.05, 4.69) is 11.1 Å². The molecular weight excluding hydrogens is 162 g/mol. The minimum Gasteiger partial charge on any atom is -0.496 e. The van der Waals surface area contributed by atoms with Crippen molar-refractivity contribution in [2.45, 2.75) is 6.92 Å². The number of aryl methyl sites for hydroxylation is 1. The molecule has 0 atom stereocenters. The molecule has 0 unspecified atom stereocenters. The molecule has 0 bridgehead atoms. The number of nitrogens with zero attached hydrogens (tertiary/aromatic N) is 1. The number of fused-ring (bicyclic) bond motifs is 1. The van der Waals surface area contributed by atoms with Gasteiger partial charge in [0.05, 0.1) is 12.6 Å². The van der Waals surface area contributed by atoms with Crippen LogP contribution < -0.4 is 4.74 Å². The smallest absolute Gasteiger partial charge is 0.128 e. The van der Waals surface area contributed by atoms with Gasteiger partial charge in [-0.1, -0.05) is 0 Å². The number of methoxy groups -OCH3 is 1. The van der Waals surface area contributed by atoms with E-state index in [1.54, 1.807) is 13.3 Å². The quantitative estimate of drug-likeness (QED) is 0.661. The first-order valence-corrected chi connectivity index (χ1v) is 4.20. The first kappa shape index (κ1) is 8.05. The molecule has 13 heavy (non-hydrogen) atoms. The zero-order chi connectivity index (χ0) is 9.26. The monoisotopic (exact) mass is 173 g/mol. The van der Waals surface area contributed by atoms with E-state index >= 15 is 0 Å². The van der Waals surface area contributed by atoms with Gasteiger partial charge in [-0.15, -0.1) is 0 Å². The van der Waals surface area contributed by atoms with Crippen molar-refractivity contribution in [3.63, 3.8) is 0 Å². The Hall–Kier alpha value is -1.57. The normalized spacial score (nSPS) is 10.3. The highest BCUT2D eigenvalue weighted by Crippen LogP contribution is 2.25. The molecule has 0 radical (unpaired) electrons. The molecule has 1 heterocycles. The molecule has 2 nitrogen and oxygen atoms in total. The van der Waals surface area contributed by atoms with Crippen molar-refractivity contribution in [1.29, 1.82) is 0 Å². The predicted molar refractivity (Wildman–Crippen MR) is 53.0 cm³/mol. The van der Waals surface area contributed by atoms with Crippen LogP contribution in [0.1, 0.15) is 5.56 Å². The summed E-state index contributed by atoms with van der Waals surface area (Å²) in [5, 5.41) is 1.07. The lowest BCUT2D eigenvalue weighted by molar-refractivity contribution is 0.419. The van der Waals surface area contributed by atoms with Gasteiger partial charge in [-0.25, -0.2) is 0 Å². The van der Waals surface area contributed by atoms with Crippen LogP contribution in [0.4, 0.5) is 0 Å². The van der Waals surface area contributed by atoms with Crippen molar-refractivity contribution >= 4 is 10.9 Å². The highest BCUT2D eigenvalue weighted by atomic mass is 16.5. The third-order valence-electron chi connectivity index (χ3n) is 2.05. The molecule has 1 aromatic heterocycles. The number of rotatable bonds is 1. The number of benzene rings is 1. The summed E-state index contributed by atoms with van der Waals surface area (Å²) in [5.41, 5.74) is 2.16. The van der Waals surface area contributed by atoms with E-state index in [-0.39, 0.29) is 0 Å². The highest BCUT2D eigenvalue weighted by Gasteiger charge is 2.01. The van der Waals surface area contributed by atoms with Gasteiger partial charge in [-0.05, 0) is 36.8 Å². The van der Waals surface area contributed by atoms with Gasteiger partial charge in [-0.3, -0.25) is 4.98 Å². The van der Waals surface area contributed by atoms with Gasteiger partial charge in [0.15, 0.2) is 0 Å². The van der Waals surface area contributed by atoms with Crippen LogP contribution in [0.25, 0.3) is 10.9 Å². The van der Waals surface area contributed by atoms with Crippen LogP contribution in [0, 0.1) is 6.92 Å². The van der Waals surface area contributed by atoms with Crippen molar-refractivity contribution in [3.05, 3.63) is 36.0 Å². The van der Waals surface area contributed by atoms with Crippen molar-refractivity contribution in [3.8, 4) is 5.75 Å². The van der Waals surface area contributed by atoms with Gasteiger partial charge < -0.3 is 4.74 Å². The molecule has 66 valence electrons. The molecule has 2 rings (SSSR count). The summed E-state index contributed by atoms with van der Waals surface area (Å²) in [6.45, 7) is 2.04. The number of hydrogen-bond donors (Lipinski definition) is 0. The third-order valence-corrected chi connectivity index (χ3v) is 2.05. The van der Waals surface area contributed by atoms with E-state index < -0.39 is 0 Å². The topological polar surface area (TPSA) is 22.1 Å². The SMILES string of the molecule is COc1cc(C)cc2ncccc12. The molecule has 1 aromatic carbocycles. The molecule has 2 heteroatoms. The molecule has 2 aromatic rings. The maximum absolute atomic E-state index is 5.27. The molecule has 0 spiro atoms. The van der Waals surface area contributed by atoms with Crippen molar-refractivity contribution in [1.82, 2.24) is 4.98 Å². The largest absolute Gasteiger partial charge is 0.496 e. The summed E-state index contributed by atoms with van der Waals surface area (Å²) in [5.74, 6) is 0.892. The Kier molecular flexibility index (Phi) is 1.89. The molecule has 0 N–H and O–H groups in total. The first-order chi connectivity index (χ1) is 6.31. The Morgan fingerprint density at radius 3 is 2.92 bits per heavy atom. The third kappa shape index (κ3) is 1.35. The zero-order valence-corrected chi connectivity index (χ0v) is 7.74. The van der Waals surface area contributed by atoms with Gasteiger partial charge in [0.2, 0.25) is 0 Å². The molecule has 0 saturated carbocycles. The lowest BCUT2D eigenvalue weighted by Crippen LogP contribution is -1.87. The number of aromatic nitrogens is 1. The number of pyridine rings is 1. The van der Waals surface area contributed by atoms with Crippen molar-refractivity contribution in [2.75, 3.05) is 7.11 Å². The van der Waals surface area contributed by atoms with Crippen molar-refractivity contribution < 1.29 is 4.74 Å². The Morgan fingerprint density at radius 2 is 2.15 bits per heavy atom. The maximum Gasteiger partial charge on any atom is 0.128 e. The van der Waals surface area contributed by atoms with Gasteiger partial charge in [0, 0.05) is 11.6 Å². The van der Waals surface area contributed by atoms with Gasteiger partial charge in [0.1, 0.15) is 5.75 Å². The molecule has 0 saturated heterocycles. The van der Waals surface area contributed by atoms with E-state index in [0.29, 0.717) is 0 Å². The first-order valence-electron chi connectivity index (χ1n) is 4.20. The zero-order valence-electron chi connectivity index (χ0n) is 7.74. The molecular formula is C11H11NO. The van der Waals surface area contributed by atoms with Gasteiger partial charge >= 0.3 is 0 Å². The van der Waals surface area contributed by atoms with Crippen LogP contribution in [0.3, 0.4) is 0 Å². The van der Waals surface area contributed by atoms with Crippen LogP contribution in [0.5, 0.6) is 5.75 Å². The van der Waals surface area contributed by atoms with Crippen LogP contribution in [0.2, 0.25) is 0 Å². The van der Waals surface area contributed by atoms with E-state index in [1.165, 1.54) is 5.56 Å². The molecule has 0 fully saturated rings. The van der Waals surface area contributed by atoms with E-state index in [9.17, 15) is 0 Å². The summed E-state index contributed by atoms with van der Waals surface area (Å²) >= 11 is 0. The van der Waals surface area contributed by atoms with Crippen molar-refractivity contribution in [2.24, 2.45) is 0 Å². The molecule has 0 amide bonds. The fourth-order valence-corrected chi connectivity index (χ4v) is 1.45. The minimum absolute atomic E-state index is 0.892. The van der Waals surface area contributed by atoms with Crippen LogP contribution in [0.15, 0.2) is 30.5 Å². The second-order valence-corrected chi connectivity index (χ2v) is 3.04. The Bertz CT molecular complexity index is 437. The summed E-state index contributed by atoms with van der Waals surface area (Å²) in [7, 11) is 1.68. The fourth-order valence-electron chi connectivity index (χ4n) is 1.45. The van der Waals surface area contributed by atoms with E-state index in [4.69, 9.17) is 4.74 Å². The second-order valence-electron chi connectivity index (χ2n) is 3.04. The predicted octanol–water partition coefficient (Wildman–Crippen LogP) is 2.55. The van der Waals surface area contributed by atoms with Crippen LogP contribution in [-0.4, -0.2) is 12.1 Å². The van der Waals surface area contributed by atoms with Crippen LogP contribution >= 0.6 is 0 Å². The van der Waals surface area contributed by atoms with Gasteiger partial charge in [0.25, 0.3) is 0 Å². The molecule has 0 aliphatic heterocycles. The number of ether oxygens (including phenoxy) is 1. The Morgan fingerprint density at radius 1 is 1.31 bits per heavy atom. The Balaban J connectivity index is 2.81. The minimum atomic E-state index is 0.892. The fraction of sp³-hybridized carbons (Fsp3) is 0.182. The second kappa shape index (κ2) is 3.05. The molecule has 0 aliphatic rings. The van der Waals surface area contributed by atoms with Gasteiger partial charge in [-0.2, -0.15) is 0 Å². The maximum atomic E-state index is 5.27. The highest BCUT2D eigenvalue weighted by molar-refractivity contribution is 5.85. The summed E-state index contributed by atoms with van der Waals surface area (Å²) < 4.78 is 5.27. The Labute approximate surface area is 77.2 Å². The average Bonchev–Trinajstić information content (AvgIpc) is 2.16. The molecule has 0 aliphatic carbocycles. The lowest BCUT2D eigenvalue weighted by Gasteiger charge is -2.05. The summed E-state index contributed by atoms with van der Waals surface area (Å²) in [4.78, 5) is 4.27. The summed E-state index contributed by atoms with van der Waals surface area (Å²) in [6.07, 6.45) is 1.79. The number of hydrogen-bond acceptors (Lipinski definition) is 2.